The van der Waals surface area contributed by atoms with Crippen LogP contribution in [0.4, 0.5) is 0 Å². The van der Waals surface area contributed by atoms with Gasteiger partial charge in [0.2, 0.25) is 0 Å². The number of rotatable bonds is 4. The molecule has 0 aliphatic rings. The van der Waals surface area contributed by atoms with Gasteiger partial charge in [0, 0.05) is 30.4 Å². The smallest absolute Gasteiger partial charge is 0.332 e. The van der Waals surface area contributed by atoms with Crippen LogP contribution < -0.4 is 4.74 Å². The summed E-state index contributed by atoms with van der Waals surface area (Å²) in [5.74, 6) is -0.596. The lowest BCUT2D eigenvalue weighted by Crippen LogP contribution is -2.11. The summed E-state index contributed by atoms with van der Waals surface area (Å²) < 4.78 is 5.51. The highest BCUT2D eigenvalue weighted by molar-refractivity contribution is 6.17. The van der Waals surface area contributed by atoms with E-state index >= 15 is 0 Å². The molecule has 0 heterocycles. The van der Waals surface area contributed by atoms with E-state index in [4.69, 9.17) is 9.57 Å². The molecule has 26 heavy (non-hydrogen) atoms. The fourth-order valence-corrected chi connectivity index (χ4v) is 2.65. The normalized spacial score (nSPS) is 11.2. The fourth-order valence-electron chi connectivity index (χ4n) is 2.65. The minimum absolute atomic E-state index is 0.380. The number of hydrogen-bond donors (Lipinski definition) is 0. The zero-order chi connectivity index (χ0) is 18.5. The van der Waals surface area contributed by atoms with Crippen molar-refractivity contribution >= 4 is 28.4 Å². The molecule has 0 aliphatic carbocycles. The van der Waals surface area contributed by atoms with Gasteiger partial charge in [0.15, 0.2) is 0 Å². The summed E-state index contributed by atoms with van der Waals surface area (Å²) in [5.41, 5.74) is 1.70. The van der Waals surface area contributed by atoms with Gasteiger partial charge < -0.3 is 9.57 Å². The molecule has 3 rings (SSSR count). The molecule has 0 radical (unpaired) electrons. The Bertz CT molecular complexity index is 993. The van der Waals surface area contributed by atoms with Gasteiger partial charge in [-0.25, -0.2) is 4.79 Å². The topological polar surface area (TPSA) is 65.0 Å². The van der Waals surface area contributed by atoms with E-state index in [1.165, 1.54) is 13.8 Å². The molecule has 5 nitrogen and oxygen atoms in total. The van der Waals surface area contributed by atoms with Gasteiger partial charge in [-0.1, -0.05) is 65.8 Å². The Balaban J connectivity index is 2.26. The molecule has 0 unspecified atom stereocenters. The minimum Gasteiger partial charge on any atom is -0.425 e. The van der Waals surface area contributed by atoms with Crippen LogP contribution in [-0.2, 0) is 14.4 Å². The number of carbonyl (C=O) groups excluding carboxylic acids is 2. The van der Waals surface area contributed by atoms with Crippen molar-refractivity contribution in [1.29, 1.82) is 0 Å². The lowest BCUT2D eigenvalue weighted by molar-refractivity contribution is -0.141. The number of ether oxygens (including phenoxy) is 1. The van der Waals surface area contributed by atoms with E-state index in [9.17, 15) is 9.59 Å². The second kappa shape index (κ2) is 7.61. The number of esters is 1. The van der Waals surface area contributed by atoms with Crippen LogP contribution in [0.1, 0.15) is 25.0 Å². The number of benzene rings is 3. The van der Waals surface area contributed by atoms with E-state index in [2.05, 4.69) is 5.16 Å². The Hall–Kier alpha value is -3.47. The van der Waals surface area contributed by atoms with Crippen molar-refractivity contribution in [2.45, 2.75) is 13.8 Å². The lowest BCUT2D eigenvalue weighted by Gasteiger charge is -2.14. The van der Waals surface area contributed by atoms with Crippen LogP contribution in [0.5, 0.6) is 5.75 Å². The van der Waals surface area contributed by atoms with Gasteiger partial charge in [-0.2, -0.15) is 0 Å². The highest BCUT2D eigenvalue weighted by Crippen LogP contribution is 2.32. The lowest BCUT2D eigenvalue weighted by atomic mass is 9.98. The molecule has 3 aromatic rings. The van der Waals surface area contributed by atoms with Crippen LogP contribution in [-0.4, -0.2) is 17.7 Å². The number of fused-ring (bicyclic) bond motifs is 1. The molecule has 0 aliphatic heterocycles. The van der Waals surface area contributed by atoms with Crippen molar-refractivity contribution in [2.75, 3.05) is 0 Å². The number of nitrogens with zero attached hydrogens (tertiary/aromatic N) is 1. The van der Waals surface area contributed by atoms with Crippen molar-refractivity contribution in [3.63, 3.8) is 0 Å². The second-order valence-electron chi connectivity index (χ2n) is 5.65. The maximum absolute atomic E-state index is 11.7. The highest BCUT2D eigenvalue weighted by atomic mass is 16.7. The van der Waals surface area contributed by atoms with E-state index in [0.29, 0.717) is 17.0 Å². The summed E-state index contributed by atoms with van der Waals surface area (Å²) in [6.07, 6.45) is 0. The average molecular weight is 347 g/mol. The van der Waals surface area contributed by atoms with Gasteiger partial charge in [-0.3, -0.25) is 4.79 Å². The van der Waals surface area contributed by atoms with Gasteiger partial charge in [0.05, 0.1) is 0 Å². The first kappa shape index (κ1) is 17.4. The van der Waals surface area contributed by atoms with Gasteiger partial charge in [0.25, 0.3) is 0 Å². The maximum atomic E-state index is 11.7. The average Bonchev–Trinajstić information content (AvgIpc) is 2.63. The van der Waals surface area contributed by atoms with Crippen molar-refractivity contribution in [1.82, 2.24) is 0 Å². The predicted octanol–water partition coefficient (Wildman–Crippen LogP) is 4.08. The molecule has 0 spiro atoms. The molecule has 5 heteroatoms. The SMILES string of the molecule is CC(=O)ON=C(c1ccccc1)c1ccc2ccccc2c1OC(C)=O. The van der Waals surface area contributed by atoms with Crippen LogP contribution >= 0.6 is 0 Å². The quantitative estimate of drug-likeness (QED) is 0.234. The predicted molar refractivity (Wildman–Crippen MR) is 99.1 cm³/mol. The van der Waals surface area contributed by atoms with Gasteiger partial charge in [0.1, 0.15) is 11.5 Å². The van der Waals surface area contributed by atoms with Crippen molar-refractivity contribution < 1.29 is 19.2 Å². The van der Waals surface area contributed by atoms with E-state index in [0.717, 1.165) is 16.3 Å². The van der Waals surface area contributed by atoms with Crippen LogP contribution in [0.2, 0.25) is 0 Å². The molecular formula is C21H17NO4. The maximum Gasteiger partial charge on any atom is 0.332 e. The van der Waals surface area contributed by atoms with Crippen LogP contribution in [0.25, 0.3) is 10.8 Å². The van der Waals surface area contributed by atoms with E-state index in [1.807, 2.05) is 60.7 Å². The molecule has 0 saturated carbocycles. The Morgan fingerprint density at radius 3 is 2.19 bits per heavy atom. The monoisotopic (exact) mass is 347 g/mol. The second-order valence-corrected chi connectivity index (χ2v) is 5.65. The third-order valence-corrected chi connectivity index (χ3v) is 3.69. The first-order chi connectivity index (χ1) is 12.6. The number of oxime groups is 1. The van der Waals surface area contributed by atoms with Gasteiger partial charge in [-0.15, -0.1) is 0 Å². The zero-order valence-electron chi connectivity index (χ0n) is 14.4. The van der Waals surface area contributed by atoms with Crippen molar-refractivity contribution in [3.05, 3.63) is 77.9 Å². The summed E-state index contributed by atoms with van der Waals surface area (Å²) in [4.78, 5) is 27.9. The third-order valence-electron chi connectivity index (χ3n) is 3.69. The summed E-state index contributed by atoms with van der Waals surface area (Å²) in [6.45, 7) is 2.62. The Morgan fingerprint density at radius 1 is 0.808 bits per heavy atom. The minimum atomic E-state index is -0.534. The first-order valence-corrected chi connectivity index (χ1v) is 8.08. The van der Waals surface area contributed by atoms with Crippen molar-refractivity contribution in [3.8, 4) is 5.75 Å². The number of hydrogen-bond acceptors (Lipinski definition) is 5. The fraction of sp³-hybridized carbons (Fsp3) is 0.0952. The van der Waals surface area contributed by atoms with Crippen molar-refractivity contribution in [2.24, 2.45) is 5.16 Å². The Kier molecular flexibility index (Phi) is 5.08. The Morgan fingerprint density at radius 2 is 1.50 bits per heavy atom. The molecule has 0 aromatic heterocycles. The summed E-state index contributed by atoms with van der Waals surface area (Å²) in [5, 5.41) is 5.71. The summed E-state index contributed by atoms with van der Waals surface area (Å²) in [6, 6.07) is 20.5. The molecule has 0 atom stereocenters. The molecule has 130 valence electrons. The molecular weight excluding hydrogens is 330 g/mol. The van der Waals surface area contributed by atoms with E-state index < -0.39 is 11.9 Å². The summed E-state index contributed by atoms with van der Waals surface area (Å²) >= 11 is 0. The highest BCUT2D eigenvalue weighted by Gasteiger charge is 2.18. The van der Waals surface area contributed by atoms with E-state index in [-0.39, 0.29) is 0 Å². The molecule has 0 bridgehead atoms. The van der Waals surface area contributed by atoms with Crippen LogP contribution in [0.15, 0.2) is 71.9 Å². The zero-order valence-corrected chi connectivity index (χ0v) is 14.4. The Labute approximate surface area is 150 Å². The van der Waals surface area contributed by atoms with Gasteiger partial charge >= 0.3 is 11.9 Å². The molecule has 3 aromatic carbocycles. The first-order valence-electron chi connectivity index (χ1n) is 8.08. The number of carbonyl (C=O) groups is 2. The standard InChI is InChI=1S/C21H17NO4/c1-14(23)25-21-18-11-7-6-8-16(18)12-13-19(21)20(22-26-15(2)24)17-9-4-3-5-10-17/h3-13H,1-2H3. The molecule has 0 saturated heterocycles. The summed E-state index contributed by atoms with van der Waals surface area (Å²) in [7, 11) is 0. The molecule has 0 amide bonds. The van der Waals surface area contributed by atoms with E-state index in [1.54, 1.807) is 6.07 Å². The largest absolute Gasteiger partial charge is 0.425 e. The van der Waals surface area contributed by atoms with Crippen LogP contribution in [0, 0.1) is 0 Å². The van der Waals surface area contributed by atoms with Crippen LogP contribution in [0.3, 0.4) is 0 Å². The third kappa shape index (κ3) is 3.78. The molecule has 0 fully saturated rings. The molecule has 0 N–H and O–H groups in total. The van der Waals surface area contributed by atoms with Gasteiger partial charge in [-0.05, 0) is 11.5 Å².